The van der Waals surface area contributed by atoms with Crippen LogP contribution in [0.2, 0.25) is 0 Å². The topological polar surface area (TPSA) is 109 Å². The van der Waals surface area contributed by atoms with Gasteiger partial charge in [0.1, 0.15) is 6.04 Å². The summed E-state index contributed by atoms with van der Waals surface area (Å²) in [5.41, 5.74) is 7.38. The second-order valence-corrected chi connectivity index (χ2v) is 7.64. The molecule has 3 aromatic carbocycles. The Hall–Kier alpha value is -3.93. The van der Waals surface area contributed by atoms with E-state index in [1.807, 2.05) is 91.0 Å². The van der Waals surface area contributed by atoms with Crippen molar-refractivity contribution in [1.82, 2.24) is 5.32 Å². The first kappa shape index (κ1) is 22.7. The smallest absolute Gasteiger partial charge is 0.303 e. The summed E-state index contributed by atoms with van der Waals surface area (Å²) < 4.78 is 0. The molecule has 0 unspecified atom stereocenters. The Balaban J connectivity index is 2.06. The standard InChI is InChI=1S/C26H26N2O4/c27-25(32)22(16-17-24(30)31)28-23(29)18-26(19-10-4-1-5-11-19,20-12-6-2-7-13-20)21-14-8-3-9-15-21/h1-15,22H,16-18H2,(H2,27,32)(H,28,29)(H,30,31)/t22-/m0/s1. The number of carbonyl (C=O) groups is 3. The van der Waals surface area contributed by atoms with Crippen LogP contribution in [0.15, 0.2) is 91.0 Å². The third-order valence-corrected chi connectivity index (χ3v) is 5.55. The van der Waals surface area contributed by atoms with Gasteiger partial charge < -0.3 is 16.2 Å². The van der Waals surface area contributed by atoms with Crippen LogP contribution in [0.3, 0.4) is 0 Å². The van der Waals surface area contributed by atoms with Crippen molar-refractivity contribution < 1.29 is 19.5 Å². The number of amides is 2. The lowest BCUT2D eigenvalue weighted by Gasteiger charge is -2.36. The lowest BCUT2D eigenvalue weighted by molar-refractivity contribution is -0.137. The highest BCUT2D eigenvalue weighted by Crippen LogP contribution is 2.42. The molecule has 32 heavy (non-hydrogen) atoms. The first-order valence-corrected chi connectivity index (χ1v) is 10.4. The quantitative estimate of drug-likeness (QED) is 0.429. The minimum atomic E-state index is -1.06. The second kappa shape index (κ2) is 10.4. The molecule has 0 spiro atoms. The fourth-order valence-electron chi connectivity index (χ4n) is 4.01. The van der Waals surface area contributed by atoms with Crippen molar-refractivity contribution >= 4 is 17.8 Å². The molecule has 0 aromatic heterocycles. The van der Waals surface area contributed by atoms with Gasteiger partial charge in [-0.1, -0.05) is 91.0 Å². The van der Waals surface area contributed by atoms with Crippen molar-refractivity contribution in [3.8, 4) is 0 Å². The Morgan fingerprint density at radius 3 is 1.53 bits per heavy atom. The van der Waals surface area contributed by atoms with E-state index in [1.165, 1.54) is 0 Å². The van der Waals surface area contributed by atoms with Gasteiger partial charge >= 0.3 is 5.97 Å². The van der Waals surface area contributed by atoms with Crippen LogP contribution in [0.5, 0.6) is 0 Å². The van der Waals surface area contributed by atoms with Gasteiger partial charge in [-0.25, -0.2) is 0 Å². The first-order chi connectivity index (χ1) is 15.4. The Bertz CT molecular complexity index is 956. The van der Waals surface area contributed by atoms with Crippen LogP contribution >= 0.6 is 0 Å². The number of primary amides is 1. The number of aliphatic carboxylic acids is 1. The van der Waals surface area contributed by atoms with Gasteiger partial charge in [0.25, 0.3) is 0 Å². The number of nitrogens with two attached hydrogens (primary N) is 1. The van der Waals surface area contributed by atoms with Crippen LogP contribution in [0.25, 0.3) is 0 Å². The summed E-state index contributed by atoms with van der Waals surface area (Å²) in [4.78, 5) is 36.0. The summed E-state index contributed by atoms with van der Waals surface area (Å²) in [5, 5.41) is 11.6. The van der Waals surface area contributed by atoms with E-state index in [-0.39, 0.29) is 19.3 Å². The van der Waals surface area contributed by atoms with Crippen LogP contribution in [-0.4, -0.2) is 28.9 Å². The molecule has 3 rings (SSSR count). The number of benzene rings is 3. The van der Waals surface area contributed by atoms with E-state index in [4.69, 9.17) is 10.8 Å². The minimum absolute atomic E-state index is 0.0158. The zero-order chi connectivity index (χ0) is 23.0. The van der Waals surface area contributed by atoms with E-state index in [0.717, 1.165) is 16.7 Å². The number of hydrogen-bond donors (Lipinski definition) is 3. The van der Waals surface area contributed by atoms with Gasteiger partial charge in [-0.2, -0.15) is 0 Å². The van der Waals surface area contributed by atoms with Crippen LogP contribution in [0.1, 0.15) is 36.0 Å². The molecule has 6 nitrogen and oxygen atoms in total. The molecule has 3 aromatic rings. The van der Waals surface area contributed by atoms with E-state index in [9.17, 15) is 14.4 Å². The predicted molar refractivity (Wildman–Crippen MR) is 122 cm³/mol. The maximum Gasteiger partial charge on any atom is 0.303 e. The van der Waals surface area contributed by atoms with E-state index < -0.39 is 29.2 Å². The van der Waals surface area contributed by atoms with Crippen LogP contribution in [0.4, 0.5) is 0 Å². The third-order valence-electron chi connectivity index (χ3n) is 5.55. The van der Waals surface area contributed by atoms with Gasteiger partial charge in [-0.3, -0.25) is 14.4 Å². The van der Waals surface area contributed by atoms with Crippen molar-refractivity contribution in [2.45, 2.75) is 30.7 Å². The van der Waals surface area contributed by atoms with Crippen molar-refractivity contribution in [3.05, 3.63) is 108 Å². The predicted octanol–water partition coefficient (Wildman–Crippen LogP) is 3.25. The summed E-state index contributed by atoms with van der Waals surface area (Å²) in [6, 6.07) is 28.1. The molecule has 0 saturated heterocycles. The largest absolute Gasteiger partial charge is 0.481 e. The lowest BCUT2D eigenvalue weighted by Crippen LogP contribution is -2.47. The molecular weight excluding hydrogens is 404 g/mol. The first-order valence-electron chi connectivity index (χ1n) is 10.4. The summed E-state index contributed by atoms with van der Waals surface area (Å²) in [6.07, 6.45) is -0.317. The Morgan fingerprint density at radius 1 is 0.781 bits per heavy atom. The van der Waals surface area contributed by atoms with Crippen LogP contribution in [0, 0.1) is 0 Å². The van der Waals surface area contributed by atoms with Crippen molar-refractivity contribution in [1.29, 1.82) is 0 Å². The average Bonchev–Trinajstić information content (AvgIpc) is 2.81. The molecule has 0 aliphatic rings. The summed E-state index contributed by atoms with van der Waals surface area (Å²) in [7, 11) is 0. The number of carboxylic acids is 1. The SMILES string of the molecule is NC(=O)[C@H](CCC(=O)O)NC(=O)CC(c1ccccc1)(c1ccccc1)c1ccccc1. The molecule has 0 aliphatic carbocycles. The van der Waals surface area contributed by atoms with Crippen LogP contribution < -0.4 is 11.1 Å². The normalized spacial score (nSPS) is 12.0. The molecule has 0 heterocycles. The monoisotopic (exact) mass is 430 g/mol. The molecule has 0 bridgehead atoms. The zero-order valence-corrected chi connectivity index (χ0v) is 17.6. The zero-order valence-electron chi connectivity index (χ0n) is 17.6. The summed E-state index contributed by atoms with van der Waals surface area (Å²) >= 11 is 0. The molecule has 0 fully saturated rings. The Morgan fingerprint density at radius 2 is 1.19 bits per heavy atom. The van der Waals surface area contributed by atoms with E-state index in [1.54, 1.807) is 0 Å². The number of nitrogens with one attached hydrogen (secondary N) is 1. The van der Waals surface area contributed by atoms with Gasteiger partial charge in [0.05, 0.1) is 5.41 Å². The molecule has 0 aliphatic heterocycles. The molecule has 2 amide bonds. The number of hydrogen-bond acceptors (Lipinski definition) is 3. The molecule has 0 saturated carbocycles. The number of carbonyl (C=O) groups excluding carboxylic acids is 2. The maximum absolute atomic E-state index is 13.3. The molecule has 0 radical (unpaired) electrons. The van der Waals surface area contributed by atoms with Gasteiger partial charge in [0, 0.05) is 12.8 Å². The average molecular weight is 431 g/mol. The van der Waals surface area contributed by atoms with Gasteiger partial charge in [0.15, 0.2) is 0 Å². The molecule has 164 valence electrons. The molecule has 6 heteroatoms. The molecular formula is C26H26N2O4. The van der Waals surface area contributed by atoms with E-state index in [2.05, 4.69) is 5.32 Å². The Labute approximate surface area is 187 Å². The number of rotatable bonds is 10. The lowest BCUT2D eigenvalue weighted by atomic mass is 9.67. The highest BCUT2D eigenvalue weighted by Gasteiger charge is 2.39. The second-order valence-electron chi connectivity index (χ2n) is 7.64. The molecule has 1 atom stereocenters. The van der Waals surface area contributed by atoms with E-state index in [0.29, 0.717) is 0 Å². The van der Waals surface area contributed by atoms with Crippen molar-refractivity contribution in [2.75, 3.05) is 0 Å². The van der Waals surface area contributed by atoms with Crippen molar-refractivity contribution in [2.24, 2.45) is 5.73 Å². The summed E-state index contributed by atoms with van der Waals surface area (Å²) in [5.74, 6) is -2.21. The fraction of sp³-hybridized carbons (Fsp3) is 0.192. The molecule has 4 N–H and O–H groups in total. The van der Waals surface area contributed by atoms with Crippen LogP contribution in [-0.2, 0) is 19.8 Å². The van der Waals surface area contributed by atoms with E-state index >= 15 is 0 Å². The summed E-state index contributed by atoms with van der Waals surface area (Å²) in [6.45, 7) is 0. The van der Waals surface area contributed by atoms with Crippen molar-refractivity contribution in [3.63, 3.8) is 0 Å². The minimum Gasteiger partial charge on any atom is -0.481 e. The van der Waals surface area contributed by atoms with Gasteiger partial charge in [-0.05, 0) is 23.1 Å². The maximum atomic E-state index is 13.3. The fourth-order valence-corrected chi connectivity index (χ4v) is 4.01. The highest BCUT2D eigenvalue weighted by molar-refractivity contribution is 5.88. The highest BCUT2D eigenvalue weighted by atomic mass is 16.4. The number of carboxylic acid groups (broad SMARTS) is 1. The van der Waals surface area contributed by atoms with Gasteiger partial charge in [0.2, 0.25) is 11.8 Å². The third kappa shape index (κ3) is 5.21. The van der Waals surface area contributed by atoms with Gasteiger partial charge in [-0.15, -0.1) is 0 Å². The Kier molecular flexibility index (Phi) is 7.39.